The van der Waals surface area contributed by atoms with Gasteiger partial charge in [-0.05, 0) is 35.0 Å². The first-order chi connectivity index (χ1) is 9.11. The summed E-state index contributed by atoms with van der Waals surface area (Å²) < 4.78 is 27.2. The topological polar surface area (TPSA) is 49.8 Å². The summed E-state index contributed by atoms with van der Waals surface area (Å²) in [6.07, 6.45) is 1.34. The number of anilines is 3. The minimum Gasteiger partial charge on any atom is -0.369 e. The minimum atomic E-state index is -0.558. The van der Waals surface area contributed by atoms with E-state index in [0.717, 1.165) is 18.2 Å². The van der Waals surface area contributed by atoms with Gasteiger partial charge in [0.25, 0.3) is 0 Å². The Morgan fingerprint density at radius 3 is 2.68 bits per heavy atom. The number of rotatable bonds is 4. The van der Waals surface area contributed by atoms with E-state index in [9.17, 15) is 8.78 Å². The van der Waals surface area contributed by atoms with Gasteiger partial charge >= 0.3 is 0 Å². The predicted molar refractivity (Wildman–Crippen MR) is 73.5 cm³/mol. The summed E-state index contributed by atoms with van der Waals surface area (Å²) in [7, 11) is 0. The quantitative estimate of drug-likeness (QED) is 0.898. The number of benzene rings is 1. The van der Waals surface area contributed by atoms with Gasteiger partial charge in [0.05, 0.1) is 5.69 Å². The van der Waals surface area contributed by atoms with E-state index in [4.69, 9.17) is 0 Å². The van der Waals surface area contributed by atoms with Crippen molar-refractivity contribution in [2.24, 2.45) is 0 Å². The van der Waals surface area contributed by atoms with Gasteiger partial charge in [-0.15, -0.1) is 0 Å². The molecule has 100 valence electrons. The highest BCUT2D eigenvalue weighted by atomic mass is 79.9. The lowest BCUT2D eigenvalue weighted by Crippen LogP contribution is -2.04. The van der Waals surface area contributed by atoms with Crippen LogP contribution in [0.2, 0.25) is 0 Å². The predicted octanol–water partition coefficient (Wildman–Crippen LogP) is 3.69. The van der Waals surface area contributed by atoms with Gasteiger partial charge < -0.3 is 10.6 Å². The van der Waals surface area contributed by atoms with Crippen LogP contribution in [0.15, 0.2) is 29.0 Å². The third kappa shape index (κ3) is 3.17. The van der Waals surface area contributed by atoms with Gasteiger partial charge in [-0.2, -0.15) is 0 Å². The van der Waals surface area contributed by atoms with Gasteiger partial charge in [0.1, 0.15) is 34.1 Å². The molecule has 2 rings (SSSR count). The Morgan fingerprint density at radius 2 is 1.95 bits per heavy atom. The van der Waals surface area contributed by atoms with Gasteiger partial charge in [-0.3, -0.25) is 0 Å². The number of aromatic nitrogens is 2. The SMILES string of the molecule is CCNc1ncnc(Nc2cc(F)ccc2F)c1Br. The number of halogens is 3. The zero-order valence-electron chi connectivity index (χ0n) is 10.0. The smallest absolute Gasteiger partial charge is 0.150 e. The van der Waals surface area contributed by atoms with Crippen LogP contribution in [0.4, 0.5) is 26.1 Å². The Balaban J connectivity index is 2.33. The van der Waals surface area contributed by atoms with E-state index in [1.807, 2.05) is 6.92 Å². The average molecular weight is 329 g/mol. The minimum absolute atomic E-state index is 0.0156. The third-order valence-electron chi connectivity index (χ3n) is 2.32. The second-order valence-corrected chi connectivity index (χ2v) is 4.46. The van der Waals surface area contributed by atoms with Crippen LogP contribution in [0.3, 0.4) is 0 Å². The van der Waals surface area contributed by atoms with Gasteiger partial charge in [-0.25, -0.2) is 18.7 Å². The van der Waals surface area contributed by atoms with Crippen molar-refractivity contribution in [2.75, 3.05) is 17.2 Å². The summed E-state index contributed by atoms with van der Waals surface area (Å²) in [4.78, 5) is 8.02. The van der Waals surface area contributed by atoms with Gasteiger partial charge in [-0.1, -0.05) is 0 Å². The van der Waals surface area contributed by atoms with Crippen molar-refractivity contribution in [3.05, 3.63) is 40.6 Å². The number of hydrogen-bond donors (Lipinski definition) is 2. The largest absolute Gasteiger partial charge is 0.369 e. The van der Waals surface area contributed by atoms with Crippen LogP contribution in [0, 0.1) is 11.6 Å². The summed E-state index contributed by atoms with van der Waals surface area (Å²) in [5.41, 5.74) is 0.0156. The van der Waals surface area contributed by atoms with E-state index in [0.29, 0.717) is 22.7 Å². The van der Waals surface area contributed by atoms with Crippen molar-refractivity contribution in [2.45, 2.75) is 6.92 Å². The molecule has 0 saturated heterocycles. The molecule has 0 fully saturated rings. The molecule has 1 aromatic heterocycles. The molecule has 2 aromatic rings. The number of hydrogen-bond acceptors (Lipinski definition) is 4. The summed E-state index contributed by atoms with van der Waals surface area (Å²) in [6, 6.07) is 3.17. The second-order valence-electron chi connectivity index (χ2n) is 3.66. The van der Waals surface area contributed by atoms with Crippen molar-refractivity contribution in [3.8, 4) is 0 Å². The molecule has 0 spiro atoms. The maximum Gasteiger partial charge on any atom is 0.150 e. The van der Waals surface area contributed by atoms with E-state index in [-0.39, 0.29) is 5.69 Å². The molecule has 2 N–H and O–H groups in total. The van der Waals surface area contributed by atoms with Gasteiger partial charge in [0.2, 0.25) is 0 Å². The molecule has 1 heterocycles. The van der Waals surface area contributed by atoms with Crippen molar-refractivity contribution in [3.63, 3.8) is 0 Å². The van der Waals surface area contributed by atoms with E-state index in [1.165, 1.54) is 6.33 Å². The summed E-state index contributed by atoms with van der Waals surface area (Å²) in [6.45, 7) is 2.61. The Labute approximate surface area is 117 Å². The van der Waals surface area contributed by atoms with Crippen LogP contribution in [-0.4, -0.2) is 16.5 Å². The Hall–Kier alpha value is -1.76. The fourth-order valence-corrected chi connectivity index (χ4v) is 1.91. The third-order valence-corrected chi connectivity index (χ3v) is 3.07. The maximum absolute atomic E-state index is 13.5. The number of nitrogens with zero attached hydrogens (tertiary/aromatic N) is 2. The maximum atomic E-state index is 13.5. The zero-order valence-corrected chi connectivity index (χ0v) is 11.6. The molecule has 0 amide bonds. The monoisotopic (exact) mass is 328 g/mol. The van der Waals surface area contributed by atoms with E-state index in [2.05, 4.69) is 36.5 Å². The molecule has 0 unspecified atom stereocenters. The van der Waals surface area contributed by atoms with Crippen molar-refractivity contribution >= 4 is 33.3 Å². The molecular formula is C12H11BrF2N4. The van der Waals surface area contributed by atoms with Crippen molar-refractivity contribution in [1.82, 2.24) is 9.97 Å². The first-order valence-electron chi connectivity index (χ1n) is 5.58. The molecule has 19 heavy (non-hydrogen) atoms. The van der Waals surface area contributed by atoms with Crippen LogP contribution in [0.5, 0.6) is 0 Å². The Bertz CT molecular complexity index is 592. The van der Waals surface area contributed by atoms with Crippen molar-refractivity contribution < 1.29 is 8.78 Å². The molecule has 0 bridgehead atoms. The van der Waals surface area contributed by atoms with E-state index in [1.54, 1.807) is 0 Å². The summed E-state index contributed by atoms with van der Waals surface area (Å²) >= 11 is 3.32. The fraction of sp³-hybridized carbons (Fsp3) is 0.167. The standard InChI is InChI=1S/C12H11BrF2N4/c1-2-16-11-10(13)12(18-6-17-11)19-9-5-7(14)3-4-8(9)15/h3-6H,2H2,1H3,(H2,16,17,18,19). The average Bonchev–Trinajstić information content (AvgIpc) is 2.39. The summed E-state index contributed by atoms with van der Waals surface area (Å²) in [5, 5.41) is 5.75. The van der Waals surface area contributed by atoms with Crippen LogP contribution in [0.25, 0.3) is 0 Å². The molecule has 0 aliphatic carbocycles. The zero-order chi connectivity index (χ0) is 13.8. The van der Waals surface area contributed by atoms with E-state index < -0.39 is 11.6 Å². The first-order valence-corrected chi connectivity index (χ1v) is 6.37. The Morgan fingerprint density at radius 1 is 1.21 bits per heavy atom. The summed E-state index contributed by atoms with van der Waals surface area (Å²) in [5.74, 6) is -0.148. The Kier molecular flexibility index (Phi) is 4.26. The lowest BCUT2D eigenvalue weighted by molar-refractivity contribution is 0.603. The molecular weight excluding hydrogens is 318 g/mol. The normalized spacial score (nSPS) is 10.3. The lowest BCUT2D eigenvalue weighted by atomic mass is 10.3. The molecule has 0 atom stereocenters. The highest BCUT2D eigenvalue weighted by Crippen LogP contribution is 2.29. The second kappa shape index (κ2) is 5.92. The van der Waals surface area contributed by atoms with E-state index >= 15 is 0 Å². The molecule has 0 radical (unpaired) electrons. The molecule has 0 aliphatic heterocycles. The molecule has 4 nitrogen and oxygen atoms in total. The highest BCUT2D eigenvalue weighted by Gasteiger charge is 2.11. The van der Waals surface area contributed by atoms with Gasteiger partial charge in [0.15, 0.2) is 0 Å². The van der Waals surface area contributed by atoms with Crippen LogP contribution >= 0.6 is 15.9 Å². The van der Waals surface area contributed by atoms with Crippen molar-refractivity contribution in [1.29, 1.82) is 0 Å². The van der Waals surface area contributed by atoms with Crippen LogP contribution in [-0.2, 0) is 0 Å². The number of nitrogens with one attached hydrogen (secondary N) is 2. The first kappa shape index (κ1) is 13.7. The van der Waals surface area contributed by atoms with Crippen LogP contribution < -0.4 is 10.6 Å². The molecule has 0 aliphatic rings. The molecule has 1 aromatic carbocycles. The van der Waals surface area contributed by atoms with Crippen LogP contribution in [0.1, 0.15) is 6.92 Å². The van der Waals surface area contributed by atoms with Gasteiger partial charge in [0, 0.05) is 12.6 Å². The highest BCUT2D eigenvalue weighted by molar-refractivity contribution is 9.10. The molecule has 7 heteroatoms. The molecule has 0 saturated carbocycles. The lowest BCUT2D eigenvalue weighted by Gasteiger charge is -2.11. The fourth-order valence-electron chi connectivity index (χ4n) is 1.47.